The molecule has 1 aliphatic rings. The van der Waals surface area contributed by atoms with Gasteiger partial charge in [0.1, 0.15) is 0 Å². The number of anilines is 1. The number of nitro groups is 1. The lowest BCUT2D eigenvalue weighted by molar-refractivity contribution is -0.385. The van der Waals surface area contributed by atoms with Crippen molar-refractivity contribution in [2.24, 2.45) is 0 Å². The van der Waals surface area contributed by atoms with E-state index in [0.29, 0.717) is 24.7 Å². The molecule has 0 spiro atoms. The van der Waals surface area contributed by atoms with E-state index in [1.54, 1.807) is 6.07 Å². The second-order valence-electron chi connectivity index (χ2n) is 3.53. The van der Waals surface area contributed by atoms with E-state index >= 15 is 0 Å². The SMILES string of the molecule is Nc1cc2c(c([N+](=O)[O-])c1)OCCCCO2. The van der Waals surface area contributed by atoms with Crippen molar-refractivity contribution in [1.29, 1.82) is 0 Å². The van der Waals surface area contributed by atoms with E-state index in [0.717, 1.165) is 12.8 Å². The van der Waals surface area contributed by atoms with Gasteiger partial charge in [0.05, 0.1) is 18.1 Å². The average Bonchev–Trinajstić information content (AvgIpc) is 2.19. The quantitative estimate of drug-likeness (QED) is 0.446. The van der Waals surface area contributed by atoms with Crippen LogP contribution in [0.4, 0.5) is 11.4 Å². The summed E-state index contributed by atoms with van der Waals surface area (Å²) in [6.45, 7) is 0.984. The predicted molar refractivity (Wildman–Crippen MR) is 57.7 cm³/mol. The summed E-state index contributed by atoms with van der Waals surface area (Å²) in [4.78, 5) is 10.3. The molecular formula is C10H12N2O4. The number of ether oxygens (including phenoxy) is 2. The smallest absolute Gasteiger partial charge is 0.316 e. The van der Waals surface area contributed by atoms with Crippen LogP contribution in [-0.4, -0.2) is 18.1 Å². The van der Waals surface area contributed by atoms with Crippen molar-refractivity contribution in [2.45, 2.75) is 12.8 Å². The van der Waals surface area contributed by atoms with Gasteiger partial charge in [-0.1, -0.05) is 0 Å². The van der Waals surface area contributed by atoms with Crippen LogP contribution in [0, 0.1) is 10.1 Å². The zero-order chi connectivity index (χ0) is 11.5. The fourth-order valence-corrected chi connectivity index (χ4v) is 1.56. The molecule has 2 N–H and O–H groups in total. The molecule has 2 rings (SSSR count). The third kappa shape index (κ3) is 2.00. The Bertz CT molecular complexity index is 420. The minimum atomic E-state index is -0.514. The summed E-state index contributed by atoms with van der Waals surface area (Å²) < 4.78 is 10.7. The normalized spacial score (nSPS) is 15.0. The molecule has 0 aliphatic carbocycles. The van der Waals surface area contributed by atoms with Crippen LogP contribution in [-0.2, 0) is 0 Å². The lowest BCUT2D eigenvalue weighted by atomic mass is 10.2. The first kappa shape index (κ1) is 10.5. The Hall–Kier alpha value is -1.98. The van der Waals surface area contributed by atoms with E-state index in [1.807, 2.05) is 0 Å². The third-order valence-corrected chi connectivity index (χ3v) is 2.30. The topological polar surface area (TPSA) is 87.6 Å². The van der Waals surface area contributed by atoms with Gasteiger partial charge in [-0.05, 0) is 12.8 Å². The van der Waals surface area contributed by atoms with Crippen LogP contribution in [0.5, 0.6) is 11.5 Å². The van der Waals surface area contributed by atoms with Gasteiger partial charge < -0.3 is 15.2 Å². The third-order valence-electron chi connectivity index (χ3n) is 2.30. The fraction of sp³-hybridized carbons (Fsp3) is 0.400. The zero-order valence-electron chi connectivity index (χ0n) is 8.64. The molecule has 0 atom stereocenters. The monoisotopic (exact) mass is 224 g/mol. The van der Waals surface area contributed by atoms with Crippen molar-refractivity contribution in [3.63, 3.8) is 0 Å². The molecule has 0 amide bonds. The van der Waals surface area contributed by atoms with Crippen LogP contribution in [0.2, 0.25) is 0 Å². The van der Waals surface area contributed by atoms with Gasteiger partial charge in [-0.2, -0.15) is 0 Å². The van der Waals surface area contributed by atoms with Gasteiger partial charge in [0.15, 0.2) is 5.75 Å². The summed E-state index contributed by atoms with van der Waals surface area (Å²) in [5.41, 5.74) is 5.73. The lowest BCUT2D eigenvalue weighted by Gasteiger charge is -2.16. The minimum Gasteiger partial charge on any atom is -0.489 e. The maximum atomic E-state index is 10.8. The molecule has 1 aromatic carbocycles. The highest BCUT2D eigenvalue weighted by atomic mass is 16.6. The summed E-state index contributed by atoms with van der Waals surface area (Å²) in [5, 5.41) is 10.8. The molecule has 0 saturated carbocycles. The molecular weight excluding hydrogens is 212 g/mol. The number of benzene rings is 1. The Morgan fingerprint density at radius 3 is 2.62 bits per heavy atom. The number of nitrogens with two attached hydrogens (primary N) is 1. The van der Waals surface area contributed by atoms with E-state index in [-0.39, 0.29) is 11.4 Å². The van der Waals surface area contributed by atoms with E-state index in [4.69, 9.17) is 15.2 Å². The zero-order valence-corrected chi connectivity index (χ0v) is 8.64. The number of hydrogen-bond donors (Lipinski definition) is 1. The molecule has 16 heavy (non-hydrogen) atoms. The molecule has 0 fully saturated rings. The highest BCUT2D eigenvalue weighted by molar-refractivity contribution is 5.64. The number of nitrogen functional groups attached to an aromatic ring is 1. The molecule has 1 aliphatic heterocycles. The molecule has 1 aromatic rings. The molecule has 0 saturated heterocycles. The Balaban J connectivity index is 2.48. The summed E-state index contributed by atoms with van der Waals surface area (Å²) in [6.07, 6.45) is 1.68. The molecule has 6 heteroatoms. The second-order valence-corrected chi connectivity index (χ2v) is 3.53. The predicted octanol–water partition coefficient (Wildman–Crippen LogP) is 1.73. The van der Waals surface area contributed by atoms with Gasteiger partial charge in [-0.3, -0.25) is 10.1 Å². The van der Waals surface area contributed by atoms with Crippen LogP contribution < -0.4 is 15.2 Å². The van der Waals surface area contributed by atoms with Crippen LogP contribution in [0.3, 0.4) is 0 Å². The number of nitro benzene ring substituents is 1. The largest absolute Gasteiger partial charge is 0.489 e. The van der Waals surface area contributed by atoms with Crippen molar-refractivity contribution in [2.75, 3.05) is 18.9 Å². The molecule has 0 aromatic heterocycles. The van der Waals surface area contributed by atoms with Gasteiger partial charge in [0.2, 0.25) is 5.75 Å². The number of rotatable bonds is 1. The van der Waals surface area contributed by atoms with Gasteiger partial charge in [0.25, 0.3) is 0 Å². The maximum absolute atomic E-state index is 10.8. The van der Waals surface area contributed by atoms with Crippen LogP contribution >= 0.6 is 0 Å². The van der Waals surface area contributed by atoms with Crippen molar-refractivity contribution < 1.29 is 14.4 Å². The van der Waals surface area contributed by atoms with Gasteiger partial charge in [-0.15, -0.1) is 0 Å². The Morgan fingerprint density at radius 1 is 1.25 bits per heavy atom. The molecule has 6 nitrogen and oxygen atoms in total. The molecule has 1 heterocycles. The summed E-state index contributed by atoms with van der Waals surface area (Å²) in [6, 6.07) is 2.83. The number of fused-ring (bicyclic) bond motifs is 1. The van der Waals surface area contributed by atoms with Crippen molar-refractivity contribution in [1.82, 2.24) is 0 Å². The Kier molecular flexibility index (Phi) is 2.80. The van der Waals surface area contributed by atoms with Gasteiger partial charge >= 0.3 is 5.69 Å². The first-order valence-electron chi connectivity index (χ1n) is 5.02. The van der Waals surface area contributed by atoms with Crippen LogP contribution in [0.1, 0.15) is 12.8 Å². The summed E-state index contributed by atoms with van der Waals surface area (Å²) in [5.74, 6) is 0.533. The fourth-order valence-electron chi connectivity index (χ4n) is 1.56. The Labute approximate surface area is 92.1 Å². The second kappa shape index (κ2) is 4.26. The van der Waals surface area contributed by atoms with Crippen LogP contribution in [0.25, 0.3) is 0 Å². The lowest BCUT2D eigenvalue weighted by Crippen LogP contribution is -2.10. The molecule has 0 bridgehead atoms. The summed E-state index contributed by atoms with van der Waals surface area (Å²) >= 11 is 0. The van der Waals surface area contributed by atoms with E-state index in [9.17, 15) is 10.1 Å². The highest BCUT2D eigenvalue weighted by Crippen LogP contribution is 2.40. The van der Waals surface area contributed by atoms with Crippen molar-refractivity contribution in [3.05, 3.63) is 22.2 Å². The standard InChI is InChI=1S/C10H12N2O4/c11-7-5-8(12(13)14)10-9(6-7)15-3-1-2-4-16-10/h5-6H,1-4,11H2. The summed E-state index contributed by atoms with van der Waals surface area (Å²) in [7, 11) is 0. The Morgan fingerprint density at radius 2 is 1.94 bits per heavy atom. The van der Waals surface area contributed by atoms with E-state index in [2.05, 4.69) is 0 Å². The molecule has 0 radical (unpaired) electrons. The minimum absolute atomic E-state index is 0.142. The van der Waals surface area contributed by atoms with Gasteiger partial charge in [0, 0.05) is 17.8 Å². The van der Waals surface area contributed by atoms with Crippen molar-refractivity contribution >= 4 is 11.4 Å². The van der Waals surface area contributed by atoms with Crippen molar-refractivity contribution in [3.8, 4) is 11.5 Å². The van der Waals surface area contributed by atoms with E-state index in [1.165, 1.54) is 6.07 Å². The molecule has 86 valence electrons. The number of hydrogen-bond acceptors (Lipinski definition) is 5. The van der Waals surface area contributed by atoms with Gasteiger partial charge in [-0.25, -0.2) is 0 Å². The van der Waals surface area contributed by atoms with E-state index < -0.39 is 4.92 Å². The first-order chi connectivity index (χ1) is 7.68. The number of nitrogens with zero attached hydrogens (tertiary/aromatic N) is 1. The van der Waals surface area contributed by atoms with Crippen LogP contribution in [0.15, 0.2) is 12.1 Å². The molecule has 0 unspecified atom stereocenters. The average molecular weight is 224 g/mol. The highest BCUT2D eigenvalue weighted by Gasteiger charge is 2.23. The first-order valence-corrected chi connectivity index (χ1v) is 5.02. The maximum Gasteiger partial charge on any atom is 0.316 e.